The van der Waals surface area contributed by atoms with Crippen molar-refractivity contribution >= 4 is 17.9 Å². The van der Waals surface area contributed by atoms with Gasteiger partial charge in [-0.05, 0) is 48.4 Å². The molecular formula is C25H28F2N2O4. The molecule has 33 heavy (non-hydrogen) atoms. The van der Waals surface area contributed by atoms with Crippen LogP contribution in [0.3, 0.4) is 0 Å². The zero-order valence-electron chi connectivity index (χ0n) is 18.9. The molecule has 0 saturated carbocycles. The molecule has 0 N–H and O–H groups in total. The maximum absolute atomic E-state index is 13.4. The Morgan fingerprint density at radius 1 is 0.970 bits per heavy atom. The number of ether oxygens (including phenoxy) is 2. The number of halogens is 2. The van der Waals surface area contributed by atoms with E-state index in [1.54, 1.807) is 18.1 Å². The molecule has 0 bridgehead atoms. The second kappa shape index (κ2) is 11.4. The Morgan fingerprint density at radius 3 is 2.36 bits per heavy atom. The van der Waals surface area contributed by atoms with Gasteiger partial charge >= 0.3 is 0 Å². The van der Waals surface area contributed by atoms with E-state index in [4.69, 9.17) is 9.47 Å². The highest BCUT2D eigenvalue weighted by molar-refractivity contribution is 5.95. The van der Waals surface area contributed by atoms with Crippen LogP contribution in [0, 0.1) is 11.6 Å². The van der Waals surface area contributed by atoms with Crippen LogP contribution in [0.5, 0.6) is 11.5 Å². The number of methoxy groups -OCH3 is 1. The van der Waals surface area contributed by atoms with Crippen LogP contribution in [-0.4, -0.2) is 61.5 Å². The highest BCUT2D eigenvalue weighted by atomic mass is 19.2. The van der Waals surface area contributed by atoms with Gasteiger partial charge in [-0.25, -0.2) is 8.78 Å². The number of amides is 2. The first-order chi connectivity index (χ1) is 15.9. The second-order valence-electron chi connectivity index (χ2n) is 7.69. The lowest BCUT2D eigenvalue weighted by Gasteiger charge is -2.34. The molecule has 1 fully saturated rings. The highest BCUT2D eigenvalue weighted by Gasteiger charge is 2.24. The molecule has 0 spiro atoms. The van der Waals surface area contributed by atoms with E-state index in [9.17, 15) is 18.4 Å². The van der Waals surface area contributed by atoms with Crippen LogP contribution in [0.2, 0.25) is 0 Å². The number of carbonyl (C=O) groups is 2. The Bertz CT molecular complexity index is 1020. The van der Waals surface area contributed by atoms with Gasteiger partial charge in [0.2, 0.25) is 5.91 Å². The van der Waals surface area contributed by atoms with Gasteiger partial charge in [-0.3, -0.25) is 9.59 Å². The highest BCUT2D eigenvalue weighted by Crippen LogP contribution is 2.28. The lowest BCUT2D eigenvalue weighted by molar-refractivity contribution is -0.127. The van der Waals surface area contributed by atoms with Gasteiger partial charge in [0.25, 0.3) is 5.91 Å². The fraction of sp³-hybridized carbons (Fsp3) is 0.360. The predicted molar refractivity (Wildman–Crippen MR) is 121 cm³/mol. The van der Waals surface area contributed by atoms with E-state index < -0.39 is 11.6 Å². The van der Waals surface area contributed by atoms with Gasteiger partial charge in [-0.2, -0.15) is 0 Å². The predicted octanol–water partition coefficient (Wildman–Crippen LogP) is 4.15. The number of unbranched alkanes of at least 4 members (excludes halogenated alkanes) is 1. The molecule has 6 nitrogen and oxygen atoms in total. The molecule has 2 aromatic carbocycles. The lowest BCUT2D eigenvalue weighted by Crippen LogP contribution is -2.50. The van der Waals surface area contributed by atoms with E-state index in [-0.39, 0.29) is 17.4 Å². The van der Waals surface area contributed by atoms with Crippen LogP contribution in [0.15, 0.2) is 42.5 Å². The molecule has 2 amide bonds. The van der Waals surface area contributed by atoms with E-state index in [2.05, 4.69) is 6.92 Å². The van der Waals surface area contributed by atoms with Gasteiger partial charge in [0.05, 0.1) is 13.7 Å². The van der Waals surface area contributed by atoms with Gasteiger partial charge in [0.1, 0.15) is 0 Å². The smallest absolute Gasteiger partial charge is 0.254 e. The number of benzene rings is 2. The van der Waals surface area contributed by atoms with Crippen molar-refractivity contribution in [2.24, 2.45) is 0 Å². The van der Waals surface area contributed by atoms with Crippen molar-refractivity contribution in [2.75, 3.05) is 39.9 Å². The minimum atomic E-state index is -1.06. The normalized spacial score (nSPS) is 13.9. The van der Waals surface area contributed by atoms with Crippen molar-refractivity contribution < 1.29 is 27.8 Å². The molecular weight excluding hydrogens is 430 g/mol. The molecule has 0 atom stereocenters. The molecule has 1 aliphatic heterocycles. The number of nitrogens with zero attached hydrogens (tertiary/aromatic N) is 2. The Kier molecular flexibility index (Phi) is 8.40. The zero-order chi connectivity index (χ0) is 23.8. The summed E-state index contributed by atoms with van der Waals surface area (Å²) < 4.78 is 37.6. The summed E-state index contributed by atoms with van der Waals surface area (Å²) in [7, 11) is 1.57. The Morgan fingerprint density at radius 2 is 1.70 bits per heavy atom. The van der Waals surface area contributed by atoms with E-state index in [0.717, 1.165) is 30.5 Å². The molecule has 176 valence electrons. The number of hydrogen-bond acceptors (Lipinski definition) is 4. The summed E-state index contributed by atoms with van der Waals surface area (Å²) in [4.78, 5) is 28.3. The van der Waals surface area contributed by atoms with E-state index in [0.29, 0.717) is 44.3 Å². The molecule has 8 heteroatoms. The minimum Gasteiger partial charge on any atom is -0.493 e. The van der Waals surface area contributed by atoms with Gasteiger partial charge in [-0.15, -0.1) is 0 Å². The quantitative estimate of drug-likeness (QED) is 0.441. The van der Waals surface area contributed by atoms with Gasteiger partial charge in [0, 0.05) is 37.8 Å². The van der Waals surface area contributed by atoms with E-state index in [1.807, 2.05) is 18.2 Å². The summed E-state index contributed by atoms with van der Waals surface area (Å²) in [5, 5.41) is 0. The second-order valence-corrected chi connectivity index (χ2v) is 7.69. The lowest BCUT2D eigenvalue weighted by atomic mass is 10.1. The van der Waals surface area contributed by atoms with E-state index >= 15 is 0 Å². The van der Waals surface area contributed by atoms with Gasteiger partial charge in [-0.1, -0.05) is 19.4 Å². The largest absolute Gasteiger partial charge is 0.493 e. The molecule has 0 aliphatic carbocycles. The number of piperazine rings is 1. The third-order valence-electron chi connectivity index (χ3n) is 5.41. The van der Waals surface area contributed by atoms with Crippen LogP contribution >= 0.6 is 0 Å². The van der Waals surface area contributed by atoms with Crippen molar-refractivity contribution in [1.82, 2.24) is 9.80 Å². The van der Waals surface area contributed by atoms with Crippen molar-refractivity contribution in [3.05, 3.63) is 65.2 Å². The zero-order valence-corrected chi connectivity index (χ0v) is 18.9. The summed E-state index contributed by atoms with van der Waals surface area (Å²) in [5.74, 6) is -1.34. The first-order valence-corrected chi connectivity index (χ1v) is 10.9. The molecule has 0 unspecified atom stereocenters. The average Bonchev–Trinajstić information content (AvgIpc) is 2.84. The molecule has 0 radical (unpaired) electrons. The summed E-state index contributed by atoms with van der Waals surface area (Å²) in [6.45, 7) is 4.04. The molecule has 1 heterocycles. The van der Waals surface area contributed by atoms with Crippen LogP contribution in [0.25, 0.3) is 6.08 Å². The van der Waals surface area contributed by atoms with Crippen molar-refractivity contribution in [2.45, 2.75) is 19.8 Å². The molecule has 1 saturated heterocycles. The first kappa shape index (κ1) is 24.2. The standard InChI is InChI=1S/C25H28F2N2O4/c1-3-4-15-33-22-9-5-18(16-23(22)32-2)6-10-24(30)28-11-13-29(14-12-28)25(31)19-7-8-20(26)21(27)17-19/h5-10,16-17H,3-4,11-15H2,1-2H3/b10-6+. The van der Waals surface area contributed by atoms with Crippen LogP contribution in [0.4, 0.5) is 8.78 Å². The van der Waals surface area contributed by atoms with Crippen LogP contribution in [0.1, 0.15) is 35.7 Å². The third-order valence-corrected chi connectivity index (χ3v) is 5.41. The molecule has 1 aliphatic rings. The number of hydrogen-bond donors (Lipinski definition) is 0. The molecule has 2 aromatic rings. The Labute approximate surface area is 192 Å². The van der Waals surface area contributed by atoms with Crippen molar-refractivity contribution in [1.29, 1.82) is 0 Å². The third kappa shape index (κ3) is 6.31. The summed E-state index contributed by atoms with van der Waals surface area (Å²) in [6.07, 6.45) is 5.19. The SMILES string of the molecule is CCCCOc1ccc(/C=C/C(=O)N2CCN(C(=O)c3ccc(F)c(F)c3)CC2)cc1OC. The van der Waals surface area contributed by atoms with Crippen LogP contribution < -0.4 is 9.47 Å². The molecule has 0 aromatic heterocycles. The number of carbonyl (C=O) groups excluding carboxylic acids is 2. The van der Waals surface area contributed by atoms with Crippen LogP contribution in [-0.2, 0) is 4.79 Å². The number of rotatable bonds is 8. The minimum absolute atomic E-state index is 0.0876. The van der Waals surface area contributed by atoms with Crippen molar-refractivity contribution in [3.8, 4) is 11.5 Å². The summed E-state index contributed by atoms with van der Waals surface area (Å²) >= 11 is 0. The van der Waals surface area contributed by atoms with E-state index in [1.165, 1.54) is 17.0 Å². The first-order valence-electron chi connectivity index (χ1n) is 10.9. The average molecular weight is 459 g/mol. The Hall–Kier alpha value is -3.42. The summed E-state index contributed by atoms with van der Waals surface area (Å²) in [5.41, 5.74) is 0.889. The maximum atomic E-state index is 13.4. The van der Waals surface area contributed by atoms with Crippen molar-refractivity contribution in [3.63, 3.8) is 0 Å². The molecule has 3 rings (SSSR count). The fourth-order valence-corrected chi connectivity index (χ4v) is 3.45. The van der Waals surface area contributed by atoms with Gasteiger partial charge in [0.15, 0.2) is 23.1 Å². The van der Waals surface area contributed by atoms with Gasteiger partial charge < -0.3 is 19.3 Å². The maximum Gasteiger partial charge on any atom is 0.254 e. The topological polar surface area (TPSA) is 59.1 Å². The summed E-state index contributed by atoms with van der Waals surface area (Å²) in [6, 6.07) is 8.57. The monoisotopic (exact) mass is 458 g/mol. The Balaban J connectivity index is 1.55. The fourth-order valence-electron chi connectivity index (χ4n) is 3.45.